The molecule has 0 aliphatic carbocycles. The Kier molecular flexibility index (Phi) is 7.49. The number of hydrogen-bond acceptors (Lipinski definition) is 4. The van der Waals surface area contributed by atoms with Gasteiger partial charge in [0.1, 0.15) is 0 Å². The van der Waals surface area contributed by atoms with Crippen molar-refractivity contribution in [3.63, 3.8) is 0 Å². The molecule has 0 radical (unpaired) electrons. The Hall–Kier alpha value is -1.83. The predicted molar refractivity (Wildman–Crippen MR) is 94.8 cm³/mol. The molecule has 0 aromatic rings. The Bertz CT molecular complexity index is 485. The zero-order valence-corrected chi connectivity index (χ0v) is 15.2. The highest BCUT2D eigenvalue weighted by atomic mass is 16.2. The largest absolute Gasteiger partial charge is 0.352 e. The molecule has 2 aliphatic heterocycles. The predicted octanol–water partition coefficient (Wildman–Crippen LogP) is -0.162. The van der Waals surface area contributed by atoms with Gasteiger partial charge >= 0.3 is 6.03 Å². The van der Waals surface area contributed by atoms with Crippen molar-refractivity contribution >= 4 is 17.8 Å². The Balaban J connectivity index is 1.72. The van der Waals surface area contributed by atoms with Crippen molar-refractivity contribution in [2.45, 2.75) is 32.1 Å². The molecule has 1 unspecified atom stereocenters. The molecule has 0 aromatic carbocycles. The van der Waals surface area contributed by atoms with E-state index in [0.29, 0.717) is 38.5 Å². The van der Waals surface area contributed by atoms with E-state index in [4.69, 9.17) is 5.73 Å². The van der Waals surface area contributed by atoms with Gasteiger partial charge in [-0.05, 0) is 45.2 Å². The molecule has 4 amide bonds. The lowest BCUT2D eigenvalue weighted by atomic mass is 9.93. The zero-order chi connectivity index (χ0) is 18.2. The summed E-state index contributed by atoms with van der Waals surface area (Å²) in [7, 11) is 2.14. The van der Waals surface area contributed by atoms with E-state index in [1.165, 1.54) is 12.8 Å². The van der Waals surface area contributed by atoms with Crippen LogP contribution in [0.1, 0.15) is 32.1 Å². The maximum Gasteiger partial charge on any atom is 0.312 e. The van der Waals surface area contributed by atoms with Crippen LogP contribution in [-0.4, -0.2) is 85.4 Å². The summed E-state index contributed by atoms with van der Waals surface area (Å²) in [6.07, 6.45) is 4.74. The van der Waals surface area contributed by atoms with Gasteiger partial charge in [-0.15, -0.1) is 0 Å². The molecule has 8 heteroatoms. The molecule has 0 bridgehead atoms. The number of primary amides is 1. The number of nitrogens with two attached hydrogens (primary N) is 1. The second kappa shape index (κ2) is 9.60. The van der Waals surface area contributed by atoms with Crippen molar-refractivity contribution in [3.05, 3.63) is 0 Å². The standard InChI is InChI=1S/C17H31N5O3/c1-20-7-2-4-14(13-20)5-6-15(23)21-8-3-9-22(11-10-21)16(24)12-19-17(18)25/h14H,2-13H2,1H3,(H3,18,19,25). The number of hydrogen-bond donors (Lipinski definition) is 2. The van der Waals surface area contributed by atoms with E-state index in [2.05, 4.69) is 17.3 Å². The SMILES string of the molecule is CN1CCCC(CCC(=O)N2CCCN(C(=O)CNC(N)=O)CC2)C1. The molecular weight excluding hydrogens is 322 g/mol. The van der Waals surface area contributed by atoms with Gasteiger partial charge in [0.2, 0.25) is 11.8 Å². The van der Waals surface area contributed by atoms with E-state index >= 15 is 0 Å². The van der Waals surface area contributed by atoms with Gasteiger partial charge in [0.05, 0.1) is 6.54 Å². The van der Waals surface area contributed by atoms with Gasteiger partial charge < -0.3 is 25.8 Å². The number of carbonyl (C=O) groups excluding carboxylic acids is 3. The van der Waals surface area contributed by atoms with Crippen LogP contribution in [0.3, 0.4) is 0 Å². The molecule has 2 rings (SSSR count). The number of piperidine rings is 1. The average molecular weight is 353 g/mol. The molecule has 25 heavy (non-hydrogen) atoms. The highest BCUT2D eigenvalue weighted by Gasteiger charge is 2.23. The van der Waals surface area contributed by atoms with Crippen LogP contribution in [0.4, 0.5) is 4.79 Å². The Morgan fingerprint density at radius 2 is 1.68 bits per heavy atom. The highest BCUT2D eigenvalue weighted by molar-refractivity contribution is 5.83. The Labute approximate surface area is 149 Å². The first-order valence-corrected chi connectivity index (χ1v) is 9.23. The summed E-state index contributed by atoms with van der Waals surface area (Å²) in [5.74, 6) is 0.656. The first-order chi connectivity index (χ1) is 12.0. The Morgan fingerprint density at radius 1 is 1.00 bits per heavy atom. The van der Waals surface area contributed by atoms with Crippen molar-refractivity contribution in [2.24, 2.45) is 11.7 Å². The maximum atomic E-state index is 12.5. The first kappa shape index (κ1) is 19.5. The van der Waals surface area contributed by atoms with E-state index in [-0.39, 0.29) is 18.4 Å². The summed E-state index contributed by atoms with van der Waals surface area (Å²) < 4.78 is 0. The van der Waals surface area contributed by atoms with E-state index in [1.54, 1.807) is 4.90 Å². The lowest BCUT2D eigenvalue weighted by Crippen LogP contribution is -2.43. The molecule has 3 N–H and O–H groups in total. The van der Waals surface area contributed by atoms with Crippen LogP contribution in [-0.2, 0) is 9.59 Å². The zero-order valence-electron chi connectivity index (χ0n) is 15.2. The molecule has 1 atom stereocenters. The molecule has 2 aliphatic rings. The third-order valence-electron chi connectivity index (χ3n) is 5.10. The van der Waals surface area contributed by atoms with Crippen LogP contribution in [0.25, 0.3) is 0 Å². The summed E-state index contributed by atoms with van der Waals surface area (Å²) in [5, 5.41) is 2.32. The summed E-state index contributed by atoms with van der Waals surface area (Å²) >= 11 is 0. The smallest absolute Gasteiger partial charge is 0.312 e. The van der Waals surface area contributed by atoms with Crippen molar-refractivity contribution < 1.29 is 14.4 Å². The van der Waals surface area contributed by atoms with Gasteiger partial charge in [-0.25, -0.2) is 4.79 Å². The van der Waals surface area contributed by atoms with Crippen LogP contribution in [0, 0.1) is 5.92 Å². The molecule has 8 nitrogen and oxygen atoms in total. The molecule has 2 saturated heterocycles. The topological polar surface area (TPSA) is 99.0 Å². The van der Waals surface area contributed by atoms with Gasteiger partial charge in [0.25, 0.3) is 0 Å². The number of likely N-dealkylation sites (tertiary alicyclic amines) is 1. The number of rotatable bonds is 5. The number of urea groups is 1. The molecule has 0 aromatic heterocycles. The van der Waals surface area contributed by atoms with Crippen molar-refractivity contribution in [1.29, 1.82) is 0 Å². The fourth-order valence-corrected chi connectivity index (χ4v) is 3.69. The van der Waals surface area contributed by atoms with Crippen molar-refractivity contribution in [2.75, 3.05) is 52.9 Å². The van der Waals surface area contributed by atoms with Crippen LogP contribution in [0.5, 0.6) is 0 Å². The molecule has 2 heterocycles. The Morgan fingerprint density at radius 3 is 2.32 bits per heavy atom. The summed E-state index contributed by atoms with van der Waals surface area (Å²) in [6.45, 7) is 4.53. The monoisotopic (exact) mass is 353 g/mol. The first-order valence-electron chi connectivity index (χ1n) is 9.23. The van der Waals surface area contributed by atoms with Gasteiger partial charge in [0, 0.05) is 39.1 Å². The number of nitrogens with zero attached hydrogens (tertiary/aromatic N) is 3. The molecule has 0 spiro atoms. The number of carbonyl (C=O) groups is 3. The van der Waals surface area contributed by atoms with E-state index in [0.717, 1.165) is 25.9 Å². The van der Waals surface area contributed by atoms with E-state index in [1.807, 2.05) is 4.90 Å². The molecular formula is C17H31N5O3. The second-order valence-corrected chi connectivity index (χ2v) is 7.14. The van der Waals surface area contributed by atoms with Gasteiger partial charge in [0.15, 0.2) is 0 Å². The average Bonchev–Trinajstić information content (AvgIpc) is 2.84. The third-order valence-corrected chi connectivity index (χ3v) is 5.10. The van der Waals surface area contributed by atoms with Gasteiger partial charge in [-0.3, -0.25) is 9.59 Å². The van der Waals surface area contributed by atoms with Crippen molar-refractivity contribution in [3.8, 4) is 0 Å². The van der Waals surface area contributed by atoms with Crippen LogP contribution < -0.4 is 11.1 Å². The molecule has 2 fully saturated rings. The molecule has 142 valence electrons. The minimum absolute atomic E-state index is 0.0848. The lowest BCUT2D eigenvalue weighted by Gasteiger charge is -2.30. The van der Waals surface area contributed by atoms with Gasteiger partial charge in [-0.1, -0.05) is 0 Å². The van der Waals surface area contributed by atoms with Crippen LogP contribution >= 0.6 is 0 Å². The van der Waals surface area contributed by atoms with Crippen LogP contribution in [0.15, 0.2) is 0 Å². The van der Waals surface area contributed by atoms with E-state index < -0.39 is 6.03 Å². The summed E-state index contributed by atoms with van der Waals surface area (Å²) in [5.41, 5.74) is 4.99. The number of nitrogens with one attached hydrogen (secondary N) is 1. The maximum absolute atomic E-state index is 12.5. The summed E-state index contributed by atoms with van der Waals surface area (Å²) in [4.78, 5) is 41.2. The quantitative estimate of drug-likeness (QED) is 0.717. The van der Waals surface area contributed by atoms with Crippen LogP contribution in [0.2, 0.25) is 0 Å². The number of amides is 4. The van der Waals surface area contributed by atoms with Crippen molar-refractivity contribution in [1.82, 2.24) is 20.0 Å². The second-order valence-electron chi connectivity index (χ2n) is 7.14. The summed E-state index contributed by atoms with van der Waals surface area (Å²) in [6, 6.07) is -0.701. The fraction of sp³-hybridized carbons (Fsp3) is 0.824. The highest BCUT2D eigenvalue weighted by Crippen LogP contribution is 2.20. The van der Waals surface area contributed by atoms with E-state index in [9.17, 15) is 14.4 Å². The minimum Gasteiger partial charge on any atom is -0.352 e. The minimum atomic E-state index is -0.701. The normalized spacial score (nSPS) is 22.4. The van der Waals surface area contributed by atoms with Gasteiger partial charge in [-0.2, -0.15) is 0 Å². The third kappa shape index (κ3) is 6.53. The fourth-order valence-electron chi connectivity index (χ4n) is 3.69. The molecule has 0 saturated carbocycles. The lowest BCUT2D eigenvalue weighted by molar-refractivity contribution is -0.133.